The number of imidazole rings is 2. The van der Waals surface area contributed by atoms with Gasteiger partial charge in [0.1, 0.15) is 35.1 Å². The van der Waals surface area contributed by atoms with E-state index in [1.807, 2.05) is 6.92 Å². The standard InChI is InChI=1S/C28H35N9O5/c1-14-8-21(33-24-23(14)34-22(13-41-4)37(24)28(25(29)38)11-15(28)2)32-20-10-18-19(12-30-20)35(3)27(40)36(18)17-7-6-16(9-17)31-26(39)42-5/h8,10,12,15-17H,6-7,9,11,13H2,1-5H3,(H2,29,38)(H,31,39)(H,30,32,33)/i3D3,4D3,5D3. The SMILES string of the molecule is [2H]C([2H])([2H])OCc1nc2c(C)cc(Nc3cc4c(cn3)n(C([2H])([2H])[2H])c(=O)n4C3CCC(NC(=O)OC([2H])([2H])[2H])C3)nc2n1C1(C(N)=O)CC1C. The van der Waals surface area contributed by atoms with Gasteiger partial charge >= 0.3 is 11.8 Å². The Bertz CT molecular complexity index is 2100. The van der Waals surface area contributed by atoms with Gasteiger partial charge in [-0.2, -0.15) is 0 Å². The summed E-state index contributed by atoms with van der Waals surface area (Å²) in [6, 6.07) is 2.03. The Morgan fingerprint density at radius 3 is 2.76 bits per heavy atom. The highest BCUT2D eigenvalue weighted by atomic mass is 16.5. The van der Waals surface area contributed by atoms with Crippen molar-refractivity contribution in [2.24, 2.45) is 18.6 Å². The van der Waals surface area contributed by atoms with Gasteiger partial charge in [-0.1, -0.05) is 6.92 Å². The Labute approximate surface area is 253 Å². The van der Waals surface area contributed by atoms with Crippen LogP contribution < -0.4 is 22.1 Å². The number of hydrogen-bond acceptors (Lipinski definition) is 9. The lowest BCUT2D eigenvalue weighted by molar-refractivity contribution is -0.122. The molecule has 4 N–H and O–H groups in total. The van der Waals surface area contributed by atoms with E-state index in [1.54, 1.807) is 13.0 Å². The molecule has 14 nitrogen and oxygen atoms in total. The molecule has 0 radical (unpaired) electrons. The molecule has 0 spiro atoms. The minimum absolute atomic E-state index is 0.0338. The van der Waals surface area contributed by atoms with Gasteiger partial charge in [0.15, 0.2) is 5.65 Å². The number of rotatable bonds is 8. The van der Waals surface area contributed by atoms with Gasteiger partial charge in [-0.25, -0.2) is 24.5 Å². The number of carbonyl (C=O) groups is 2. The minimum atomic E-state index is -2.93. The summed E-state index contributed by atoms with van der Waals surface area (Å²) >= 11 is 0. The number of amides is 2. The normalized spacial score (nSPS) is 27.5. The zero-order valence-corrected chi connectivity index (χ0v) is 22.8. The molecule has 14 heteroatoms. The van der Waals surface area contributed by atoms with Crippen LogP contribution in [0.3, 0.4) is 0 Å². The summed E-state index contributed by atoms with van der Waals surface area (Å²) in [6.07, 6.45) is 1.40. The molecular formula is C28H35N9O5. The molecule has 0 aromatic carbocycles. The lowest BCUT2D eigenvalue weighted by atomic mass is 10.2. The lowest BCUT2D eigenvalue weighted by Crippen LogP contribution is -2.37. The van der Waals surface area contributed by atoms with Gasteiger partial charge in [0.05, 0.1) is 32.5 Å². The number of carbonyl (C=O) groups excluding carboxylic acids is 2. The second-order valence-electron chi connectivity index (χ2n) is 10.9. The van der Waals surface area contributed by atoms with Crippen molar-refractivity contribution in [1.82, 2.24) is 34.0 Å². The lowest BCUT2D eigenvalue weighted by Gasteiger charge is -2.19. The van der Waals surface area contributed by atoms with Crippen LogP contribution in [-0.4, -0.2) is 60.8 Å². The molecule has 0 saturated heterocycles. The molecule has 4 heterocycles. The molecule has 6 rings (SSSR count). The number of fused-ring (bicyclic) bond motifs is 2. The van der Waals surface area contributed by atoms with Crippen LogP contribution in [0.2, 0.25) is 0 Å². The molecule has 4 aromatic rings. The molecule has 4 unspecified atom stereocenters. The van der Waals surface area contributed by atoms with Crippen molar-refractivity contribution < 1.29 is 31.4 Å². The van der Waals surface area contributed by atoms with Gasteiger partial charge in [-0.15, -0.1) is 0 Å². The molecule has 2 amide bonds. The average Bonchev–Trinajstić information content (AvgIpc) is 3.26. The van der Waals surface area contributed by atoms with Crippen LogP contribution >= 0.6 is 0 Å². The summed E-state index contributed by atoms with van der Waals surface area (Å²) in [5.74, 6) is -0.252. The highest BCUT2D eigenvalue weighted by Gasteiger charge is 2.59. The highest BCUT2D eigenvalue weighted by Crippen LogP contribution is 2.52. The van der Waals surface area contributed by atoms with Gasteiger partial charge in [-0.05, 0) is 50.2 Å². The maximum atomic E-state index is 13.7. The van der Waals surface area contributed by atoms with Crippen LogP contribution in [0.25, 0.3) is 22.2 Å². The third-order valence-corrected chi connectivity index (χ3v) is 8.38. The molecule has 4 aromatic heterocycles. The number of alkyl carbamates (subject to hydrolysis) is 1. The predicted molar refractivity (Wildman–Crippen MR) is 154 cm³/mol. The van der Waals surface area contributed by atoms with Crippen LogP contribution in [0.15, 0.2) is 23.1 Å². The number of aryl methyl sites for hydroxylation is 2. The largest absolute Gasteiger partial charge is 0.453 e. The smallest absolute Gasteiger partial charge is 0.407 e. The zero-order valence-electron chi connectivity index (χ0n) is 31.8. The predicted octanol–water partition coefficient (Wildman–Crippen LogP) is 2.35. The second kappa shape index (κ2) is 10.1. The summed E-state index contributed by atoms with van der Waals surface area (Å²) in [4.78, 5) is 52.2. The van der Waals surface area contributed by atoms with E-state index in [0.29, 0.717) is 34.9 Å². The molecular weight excluding hydrogens is 542 g/mol. The Morgan fingerprint density at radius 2 is 2.05 bits per heavy atom. The van der Waals surface area contributed by atoms with E-state index in [4.69, 9.17) is 27.8 Å². The summed E-state index contributed by atoms with van der Waals surface area (Å²) < 4.78 is 80.9. The number of methoxy groups -OCH3 is 2. The third kappa shape index (κ3) is 4.28. The molecule has 0 bridgehead atoms. The van der Waals surface area contributed by atoms with Gasteiger partial charge in [0.2, 0.25) is 5.91 Å². The van der Waals surface area contributed by atoms with Crippen LogP contribution in [0.1, 0.15) is 62.4 Å². The van der Waals surface area contributed by atoms with Crippen LogP contribution in [0, 0.1) is 12.8 Å². The number of ether oxygens (including phenoxy) is 2. The zero-order chi connectivity index (χ0) is 37.4. The number of primary amides is 1. The Morgan fingerprint density at radius 1 is 1.21 bits per heavy atom. The molecule has 0 aliphatic heterocycles. The number of nitrogens with two attached hydrogens (primary N) is 1. The number of aromatic nitrogens is 6. The second-order valence-corrected chi connectivity index (χ2v) is 10.9. The van der Waals surface area contributed by atoms with E-state index in [0.717, 1.165) is 0 Å². The Kier molecular flexibility index (Phi) is 4.55. The van der Waals surface area contributed by atoms with Gasteiger partial charge < -0.3 is 25.8 Å². The summed E-state index contributed by atoms with van der Waals surface area (Å²) in [5.41, 5.74) is 5.35. The summed E-state index contributed by atoms with van der Waals surface area (Å²) in [7, 11) is -5.66. The summed E-state index contributed by atoms with van der Waals surface area (Å²) in [5, 5.41) is 5.57. The number of anilines is 2. The first kappa shape index (κ1) is 18.9. The van der Waals surface area contributed by atoms with E-state index in [1.165, 1.54) is 21.4 Å². The first-order chi connectivity index (χ1) is 23.6. The van der Waals surface area contributed by atoms with E-state index < -0.39 is 63.0 Å². The van der Waals surface area contributed by atoms with Crippen molar-refractivity contribution in [2.75, 3.05) is 19.4 Å². The van der Waals surface area contributed by atoms with Crippen LogP contribution in [0.4, 0.5) is 16.4 Å². The monoisotopic (exact) mass is 586 g/mol. The topological polar surface area (TPSA) is 173 Å². The van der Waals surface area contributed by atoms with E-state index in [2.05, 4.69) is 25.3 Å². The van der Waals surface area contributed by atoms with Crippen molar-refractivity contribution in [3.05, 3.63) is 40.2 Å². The quantitative estimate of drug-likeness (QED) is 0.280. The molecule has 2 fully saturated rings. The molecule has 4 atom stereocenters. The van der Waals surface area contributed by atoms with E-state index in [9.17, 15) is 14.4 Å². The van der Waals surface area contributed by atoms with Crippen molar-refractivity contribution in [2.45, 2.75) is 63.8 Å². The van der Waals surface area contributed by atoms with E-state index >= 15 is 0 Å². The van der Waals surface area contributed by atoms with E-state index in [-0.39, 0.29) is 46.5 Å². The van der Waals surface area contributed by atoms with Crippen LogP contribution in [-0.2, 0) is 33.4 Å². The van der Waals surface area contributed by atoms with Crippen molar-refractivity contribution in [3.8, 4) is 0 Å². The first-order valence-corrected chi connectivity index (χ1v) is 13.3. The molecule has 2 saturated carbocycles. The molecule has 2 aliphatic carbocycles. The molecule has 222 valence electrons. The Hall–Kier alpha value is -4.46. The van der Waals surface area contributed by atoms with Crippen LogP contribution in [0.5, 0.6) is 0 Å². The van der Waals surface area contributed by atoms with Crippen molar-refractivity contribution >= 4 is 45.8 Å². The fourth-order valence-electron chi connectivity index (χ4n) is 6.25. The van der Waals surface area contributed by atoms with Crippen molar-refractivity contribution in [1.29, 1.82) is 0 Å². The fourth-order valence-corrected chi connectivity index (χ4v) is 6.25. The number of pyridine rings is 2. The highest BCUT2D eigenvalue weighted by molar-refractivity contribution is 5.90. The maximum absolute atomic E-state index is 13.7. The third-order valence-electron chi connectivity index (χ3n) is 8.38. The van der Waals surface area contributed by atoms with Gasteiger partial charge in [0.25, 0.3) is 0 Å². The fraction of sp³-hybridized carbons (Fsp3) is 0.500. The maximum Gasteiger partial charge on any atom is 0.407 e. The number of nitrogens with one attached hydrogen (secondary N) is 2. The minimum Gasteiger partial charge on any atom is -0.453 e. The van der Waals surface area contributed by atoms with Crippen molar-refractivity contribution in [3.63, 3.8) is 0 Å². The summed E-state index contributed by atoms with van der Waals surface area (Å²) in [6.45, 7) is 0.286. The molecule has 42 heavy (non-hydrogen) atoms. The van der Waals surface area contributed by atoms with Gasteiger partial charge in [0, 0.05) is 36.3 Å². The Balaban J connectivity index is 1.38. The van der Waals surface area contributed by atoms with Gasteiger partial charge in [-0.3, -0.25) is 18.5 Å². The molecule has 2 aliphatic rings. The number of hydrogen-bond donors (Lipinski definition) is 3. The number of nitrogens with zero attached hydrogens (tertiary/aromatic N) is 6. The average molecular weight is 587 g/mol. The first-order valence-electron chi connectivity index (χ1n) is 17.8.